The molecule has 0 bridgehead atoms. The number of hydrogen-bond acceptors (Lipinski definition) is 4. The lowest BCUT2D eigenvalue weighted by molar-refractivity contribution is 0.483. The molecule has 40 heavy (non-hydrogen) atoms. The maximum absolute atomic E-state index is 11.3. The van der Waals surface area contributed by atoms with E-state index in [1.165, 1.54) is 83.7 Å². The Morgan fingerprint density at radius 2 is 1.32 bits per heavy atom. The summed E-state index contributed by atoms with van der Waals surface area (Å²) < 4.78 is 31.7. The predicted molar refractivity (Wildman–Crippen MR) is 162 cm³/mol. The van der Waals surface area contributed by atoms with Crippen LogP contribution in [-0.2, 0) is 16.5 Å². The average Bonchev–Trinajstić information content (AvgIpc) is 2.97. The van der Waals surface area contributed by atoms with Crippen molar-refractivity contribution in [1.82, 2.24) is 0 Å². The minimum atomic E-state index is -4.24. The SMILES string of the molecule is O=S(=O)(O)c1ccc(N=Nc2ccc(-c3c4c5c(ccc6cc7cccc8ccc3c(c87)c65)CCC=4)cc2)cc1. The van der Waals surface area contributed by atoms with Gasteiger partial charge < -0.3 is 0 Å². The van der Waals surface area contributed by atoms with Crippen LogP contribution in [0.3, 0.4) is 0 Å². The van der Waals surface area contributed by atoms with Gasteiger partial charge in [0.2, 0.25) is 0 Å². The Hall–Kier alpha value is -4.65. The van der Waals surface area contributed by atoms with E-state index in [-0.39, 0.29) is 4.90 Å². The van der Waals surface area contributed by atoms with Crippen molar-refractivity contribution in [2.45, 2.75) is 17.7 Å². The zero-order valence-corrected chi connectivity index (χ0v) is 22.1. The van der Waals surface area contributed by atoms with Crippen LogP contribution in [0.15, 0.2) is 112 Å². The van der Waals surface area contributed by atoms with Gasteiger partial charge >= 0.3 is 0 Å². The highest BCUT2D eigenvalue weighted by Gasteiger charge is 2.21. The highest BCUT2D eigenvalue weighted by Crippen LogP contribution is 2.43. The topological polar surface area (TPSA) is 79.1 Å². The van der Waals surface area contributed by atoms with Crippen LogP contribution in [-0.4, -0.2) is 13.0 Å². The van der Waals surface area contributed by atoms with Gasteiger partial charge in [-0.15, -0.1) is 0 Å². The first-order chi connectivity index (χ1) is 19.5. The Kier molecular flexibility index (Phi) is 4.90. The molecule has 0 amide bonds. The zero-order chi connectivity index (χ0) is 27.0. The first kappa shape index (κ1) is 23.3. The molecule has 0 atom stereocenters. The summed E-state index contributed by atoms with van der Waals surface area (Å²) in [7, 11) is -4.24. The Morgan fingerprint density at radius 3 is 2.08 bits per heavy atom. The number of azo groups is 1. The van der Waals surface area contributed by atoms with Gasteiger partial charge in [0.25, 0.3) is 10.1 Å². The summed E-state index contributed by atoms with van der Waals surface area (Å²) in [6.45, 7) is 0. The largest absolute Gasteiger partial charge is 0.294 e. The van der Waals surface area contributed by atoms with Crippen LogP contribution < -0.4 is 5.22 Å². The Balaban J connectivity index is 1.30. The third-order valence-electron chi connectivity index (χ3n) is 8.10. The standard InChI is InChI=1S/C34H22N2O3S/c37-40(38,39)27-16-14-26(15-17-27)36-35-25-12-9-22(10-13-25)31-28-6-2-4-21-7-8-24-19-23-5-1-3-20-11-18-29(31)34(30(20)23)33(24)32(21)28/h1,3,5-19H,2,4H2,(H,37,38,39). The van der Waals surface area contributed by atoms with Gasteiger partial charge in [-0.1, -0.05) is 60.7 Å². The molecule has 0 unspecified atom stereocenters. The van der Waals surface area contributed by atoms with Crippen LogP contribution in [0, 0.1) is 0 Å². The molecule has 0 aliphatic heterocycles. The van der Waals surface area contributed by atoms with Crippen LogP contribution in [0.1, 0.15) is 12.0 Å². The van der Waals surface area contributed by atoms with Crippen molar-refractivity contribution in [3.05, 3.63) is 108 Å². The quantitative estimate of drug-likeness (QED) is 0.106. The van der Waals surface area contributed by atoms with Crippen molar-refractivity contribution < 1.29 is 13.0 Å². The van der Waals surface area contributed by atoms with E-state index < -0.39 is 10.1 Å². The molecule has 1 N–H and O–H groups in total. The molecule has 192 valence electrons. The predicted octanol–water partition coefficient (Wildman–Crippen LogP) is 8.51. The summed E-state index contributed by atoms with van der Waals surface area (Å²) in [4.78, 5) is -0.174. The average molecular weight is 539 g/mol. The van der Waals surface area contributed by atoms with Crippen LogP contribution in [0.5, 0.6) is 0 Å². The fourth-order valence-electron chi connectivity index (χ4n) is 6.38. The molecule has 0 saturated heterocycles. The molecule has 0 fully saturated rings. The lowest BCUT2D eigenvalue weighted by Crippen LogP contribution is -2.14. The van der Waals surface area contributed by atoms with Crippen molar-refractivity contribution in [3.8, 4) is 11.1 Å². The number of benzene rings is 7. The van der Waals surface area contributed by atoms with Crippen molar-refractivity contribution in [2.24, 2.45) is 10.2 Å². The monoisotopic (exact) mass is 538 g/mol. The van der Waals surface area contributed by atoms with Gasteiger partial charge in [0, 0.05) is 0 Å². The highest BCUT2D eigenvalue weighted by molar-refractivity contribution is 7.85. The van der Waals surface area contributed by atoms with Crippen molar-refractivity contribution in [2.75, 3.05) is 0 Å². The van der Waals surface area contributed by atoms with E-state index in [1.807, 2.05) is 12.1 Å². The number of aryl methyl sites for hydroxylation is 1. The number of hydrogen-bond donors (Lipinski definition) is 1. The van der Waals surface area contributed by atoms with Gasteiger partial charge in [0.1, 0.15) is 0 Å². The first-order valence-corrected chi connectivity index (χ1v) is 14.6. The van der Waals surface area contributed by atoms with Crippen molar-refractivity contribution in [1.29, 1.82) is 0 Å². The fraction of sp³-hybridized carbons (Fsp3) is 0.0588. The summed E-state index contributed by atoms with van der Waals surface area (Å²) in [5.74, 6) is 0. The highest BCUT2D eigenvalue weighted by atomic mass is 32.2. The minimum Gasteiger partial charge on any atom is -0.282 e. The molecule has 1 aliphatic rings. The molecule has 0 heterocycles. The fourth-order valence-corrected chi connectivity index (χ4v) is 6.86. The molecule has 7 aromatic rings. The van der Waals surface area contributed by atoms with E-state index in [0.29, 0.717) is 11.4 Å². The Labute approximate surface area is 230 Å². The van der Waals surface area contributed by atoms with Crippen LogP contribution in [0.2, 0.25) is 0 Å². The molecule has 0 aromatic heterocycles. The summed E-state index contributed by atoms with van der Waals surface area (Å²) in [6, 6.07) is 31.8. The maximum atomic E-state index is 11.3. The van der Waals surface area contributed by atoms with E-state index in [0.717, 1.165) is 18.4 Å². The molecule has 5 nitrogen and oxygen atoms in total. The summed E-state index contributed by atoms with van der Waals surface area (Å²) >= 11 is 0. The van der Waals surface area contributed by atoms with Gasteiger partial charge in [-0.2, -0.15) is 18.6 Å². The number of nitrogens with zero attached hydrogens (tertiary/aromatic N) is 2. The van der Waals surface area contributed by atoms with Crippen molar-refractivity contribution in [3.63, 3.8) is 0 Å². The van der Waals surface area contributed by atoms with Gasteiger partial charge in [0.05, 0.1) is 16.3 Å². The van der Waals surface area contributed by atoms with Crippen LogP contribution >= 0.6 is 0 Å². The summed E-state index contributed by atoms with van der Waals surface area (Å²) in [5, 5.41) is 20.4. The zero-order valence-electron chi connectivity index (χ0n) is 21.3. The second-order valence-corrected chi connectivity index (χ2v) is 11.8. The molecular weight excluding hydrogens is 516 g/mol. The Morgan fingerprint density at radius 1 is 0.650 bits per heavy atom. The number of rotatable bonds is 4. The molecule has 0 radical (unpaired) electrons. The van der Waals surface area contributed by atoms with E-state index >= 15 is 0 Å². The molecule has 1 aliphatic carbocycles. The van der Waals surface area contributed by atoms with E-state index in [1.54, 1.807) is 0 Å². The third-order valence-corrected chi connectivity index (χ3v) is 8.97. The van der Waals surface area contributed by atoms with Gasteiger partial charge in [-0.3, -0.25) is 4.55 Å². The van der Waals surface area contributed by atoms with Crippen molar-refractivity contribution >= 4 is 70.7 Å². The molecule has 8 rings (SSSR count). The van der Waals surface area contributed by atoms with E-state index in [4.69, 9.17) is 0 Å². The maximum Gasteiger partial charge on any atom is 0.294 e. The van der Waals surface area contributed by atoms with Crippen LogP contribution in [0.4, 0.5) is 11.4 Å². The van der Waals surface area contributed by atoms with E-state index in [2.05, 4.69) is 77.0 Å². The normalized spacial score (nSPS) is 13.7. The van der Waals surface area contributed by atoms with Gasteiger partial charge in [-0.25, -0.2) is 0 Å². The molecule has 0 saturated carbocycles. The molecule has 7 aromatic carbocycles. The first-order valence-electron chi connectivity index (χ1n) is 13.2. The minimum absolute atomic E-state index is 0.174. The second-order valence-electron chi connectivity index (χ2n) is 10.4. The molecule has 6 heteroatoms. The van der Waals surface area contributed by atoms with Gasteiger partial charge in [-0.05, 0) is 120 Å². The summed E-state index contributed by atoms with van der Waals surface area (Å²) in [5.41, 5.74) is 4.98. The van der Waals surface area contributed by atoms with Gasteiger partial charge in [0.15, 0.2) is 0 Å². The smallest absolute Gasteiger partial charge is 0.282 e. The third kappa shape index (κ3) is 3.47. The summed E-state index contributed by atoms with van der Waals surface area (Å²) in [6.07, 6.45) is 4.47. The van der Waals surface area contributed by atoms with Crippen LogP contribution in [0.25, 0.3) is 60.3 Å². The van der Waals surface area contributed by atoms with E-state index in [9.17, 15) is 13.0 Å². The lowest BCUT2D eigenvalue weighted by atomic mass is 9.81. The molecule has 0 spiro atoms. The Bertz CT molecular complexity index is 2320. The lowest BCUT2D eigenvalue weighted by Gasteiger charge is -2.22. The molecular formula is C34H22N2O3S. The second kappa shape index (κ2) is 8.42.